The lowest BCUT2D eigenvalue weighted by atomic mass is 10.0. The Balaban J connectivity index is 1.97. The molecule has 1 aliphatic rings. The molecule has 2 rings (SSSR count). The van der Waals surface area contributed by atoms with E-state index in [4.69, 9.17) is 11.6 Å². The van der Waals surface area contributed by atoms with Gasteiger partial charge in [-0.3, -0.25) is 0 Å². The van der Waals surface area contributed by atoms with Crippen molar-refractivity contribution in [2.24, 2.45) is 5.92 Å². The fraction of sp³-hybridized carbons (Fsp3) is 0.714. The van der Waals surface area contributed by atoms with Gasteiger partial charge in [0.25, 0.3) is 0 Å². The lowest BCUT2D eigenvalue weighted by Gasteiger charge is -2.36. The maximum Gasteiger partial charge on any atom is 0.225 e. The summed E-state index contributed by atoms with van der Waals surface area (Å²) < 4.78 is 0. The minimum atomic E-state index is 0.494. The first-order chi connectivity index (χ1) is 9.16. The number of hydrogen-bond donors (Lipinski definition) is 1. The maximum atomic E-state index is 5.85. The Kier molecular flexibility index (Phi) is 5.40. The Morgan fingerprint density at radius 3 is 2.79 bits per heavy atom. The van der Waals surface area contributed by atoms with Gasteiger partial charge < -0.3 is 10.2 Å². The zero-order valence-corrected chi connectivity index (χ0v) is 12.5. The van der Waals surface area contributed by atoms with Crippen molar-refractivity contribution in [3.05, 3.63) is 17.4 Å². The molecule has 0 amide bonds. The molecule has 1 saturated heterocycles. The number of rotatable bonds is 5. The first-order valence-electron chi connectivity index (χ1n) is 7.11. The molecule has 1 unspecified atom stereocenters. The first-order valence-corrected chi connectivity index (χ1v) is 7.49. The van der Waals surface area contributed by atoms with Gasteiger partial charge in [-0.15, -0.1) is 0 Å². The normalized spacial score (nSPS) is 20.0. The molecule has 0 spiro atoms. The van der Waals surface area contributed by atoms with Crippen molar-refractivity contribution < 1.29 is 0 Å². The number of nitrogens with one attached hydrogen (secondary N) is 1. The Labute approximate surface area is 120 Å². The number of aromatic nitrogens is 2. The van der Waals surface area contributed by atoms with Crippen molar-refractivity contribution in [1.82, 2.24) is 15.3 Å². The molecule has 1 fully saturated rings. The van der Waals surface area contributed by atoms with Crippen molar-refractivity contribution >= 4 is 17.5 Å². The highest BCUT2D eigenvalue weighted by molar-refractivity contribution is 6.30. The van der Waals surface area contributed by atoms with Crippen LogP contribution < -0.4 is 10.2 Å². The van der Waals surface area contributed by atoms with Crippen LogP contribution in [0.1, 0.15) is 33.1 Å². The smallest absolute Gasteiger partial charge is 0.225 e. The summed E-state index contributed by atoms with van der Waals surface area (Å²) in [6.07, 6.45) is 7.07. The zero-order valence-electron chi connectivity index (χ0n) is 11.8. The van der Waals surface area contributed by atoms with Gasteiger partial charge in [0, 0.05) is 19.1 Å². The van der Waals surface area contributed by atoms with Crippen LogP contribution in [0.3, 0.4) is 0 Å². The summed E-state index contributed by atoms with van der Waals surface area (Å²) in [4.78, 5) is 11.0. The predicted octanol–water partition coefficient (Wildman–Crippen LogP) is 2.73. The summed E-state index contributed by atoms with van der Waals surface area (Å²) >= 11 is 5.85. The SMILES string of the molecule is CC(C)CNCC1CCCCN1c1ncc(Cl)cn1. The third-order valence-corrected chi connectivity index (χ3v) is 3.62. The van der Waals surface area contributed by atoms with Crippen LogP contribution in [-0.4, -0.2) is 35.6 Å². The van der Waals surface area contributed by atoms with Crippen LogP contribution in [0.15, 0.2) is 12.4 Å². The van der Waals surface area contributed by atoms with E-state index in [1.165, 1.54) is 19.3 Å². The fourth-order valence-corrected chi connectivity index (χ4v) is 2.57. The van der Waals surface area contributed by atoms with E-state index < -0.39 is 0 Å². The second kappa shape index (κ2) is 7.06. The van der Waals surface area contributed by atoms with Crippen molar-refractivity contribution in [2.45, 2.75) is 39.2 Å². The highest BCUT2D eigenvalue weighted by Crippen LogP contribution is 2.21. The van der Waals surface area contributed by atoms with Crippen LogP contribution in [0, 0.1) is 5.92 Å². The molecule has 0 bridgehead atoms. The number of anilines is 1. The molecule has 1 aliphatic heterocycles. The van der Waals surface area contributed by atoms with Crippen LogP contribution in [0.25, 0.3) is 0 Å². The number of hydrogen-bond acceptors (Lipinski definition) is 4. The molecule has 1 atom stereocenters. The van der Waals surface area contributed by atoms with Crippen LogP contribution >= 0.6 is 11.6 Å². The van der Waals surface area contributed by atoms with Crippen LogP contribution in [-0.2, 0) is 0 Å². The Bertz CT molecular complexity index is 380. The van der Waals surface area contributed by atoms with Crippen molar-refractivity contribution in [2.75, 3.05) is 24.5 Å². The summed E-state index contributed by atoms with van der Waals surface area (Å²) in [5.74, 6) is 1.49. The van der Waals surface area contributed by atoms with E-state index >= 15 is 0 Å². The quantitative estimate of drug-likeness (QED) is 0.902. The van der Waals surface area contributed by atoms with E-state index in [0.29, 0.717) is 17.0 Å². The van der Waals surface area contributed by atoms with Crippen LogP contribution in [0.5, 0.6) is 0 Å². The van der Waals surface area contributed by atoms with Gasteiger partial charge in [-0.2, -0.15) is 0 Å². The first kappa shape index (κ1) is 14.5. The zero-order chi connectivity index (χ0) is 13.7. The molecule has 19 heavy (non-hydrogen) atoms. The predicted molar refractivity (Wildman–Crippen MR) is 79.7 cm³/mol. The average Bonchev–Trinajstić information content (AvgIpc) is 2.40. The Morgan fingerprint density at radius 1 is 1.37 bits per heavy atom. The van der Waals surface area contributed by atoms with Crippen molar-refractivity contribution in [1.29, 1.82) is 0 Å². The fourth-order valence-electron chi connectivity index (χ4n) is 2.47. The molecule has 0 saturated carbocycles. The Hall–Kier alpha value is -0.870. The summed E-state index contributed by atoms with van der Waals surface area (Å²) in [5.41, 5.74) is 0. The van der Waals surface area contributed by atoms with Gasteiger partial charge in [0.2, 0.25) is 5.95 Å². The van der Waals surface area contributed by atoms with Gasteiger partial charge in [-0.05, 0) is 31.7 Å². The number of halogens is 1. The highest BCUT2D eigenvalue weighted by Gasteiger charge is 2.24. The minimum Gasteiger partial charge on any atom is -0.337 e. The van der Waals surface area contributed by atoms with Gasteiger partial charge in [0.05, 0.1) is 17.4 Å². The standard InChI is InChI=1S/C14H23ClN4/c1-11(2)7-16-10-13-5-3-4-6-19(13)14-17-8-12(15)9-18-14/h8-9,11,13,16H,3-7,10H2,1-2H3. The minimum absolute atomic E-state index is 0.494. The lowest BCUT2D eigenvalue weighted by Crippen LogP contribution is -2.46. The molecule has 0 radical (unpaired) electrons. The Morgan fingerprint density at radius 2 is 2.11 bits per heavy atom. The molecule has 4 nitrogen and oxygen atoms in total. The van der Waals surface area contributed by atoms with Gasteiger partial charge in [0.1, 0.15) is 0 Å². The monoisotopic (exact) mass is 282 g/mol. The average molecular weight is 283 g/mol. The molecule has 1 N–H and O–H groups in total. The largest absolute Gasteiger partial charge is 0.337 e. The van der Waals surface area contributed by atoms with E-state index in [0.717, 1.165) is 25.6 Å². The number of nitrogens with zero attached hydrogens (tertiary/aromatic N) is 3. The molecule has 1 aromatic rings. The molecule has 1 aromatic heterocycles. The van der Waals surface area contributed by atoms with E-state index in [1.807, 2.05) is 0 Å². The molecule has 0 aromatic carbocycles. The maximum absolute atomic E-state index is 5.85. The van der Waals surface area contributed by atoms with Gasteiger partial charge in [0.15, 0.2) is 0 Å². The second-order valence-corrected chi connectivity index (χ2v) is 6.03. The summed E-state index contributed by atoms with van der Waals surface area (Å²) in [7, 11) is 0. The topological polar surface area (TPSA) is 41.0 Å². The summed E-state index contributed by atoms with van der Waals surface area (Å²) in [6, 6.07) is 0.494. The molecule has 0 aliphatic carbocycles. The third kappa shape index (κ3) is 4.32. The second-order valence-electron chi connectivity index (χ2n) is 5.60. The lowest BCUT2D eigenvalue weighted by molar-refractivity contribution is 0.418. The number of piperidine rings is 1. The molecular weight excluding hydrogens is 260 g/mol. The van der Waals surface area contributed by atoms with Crippen molar-refractivity contribution in [3.63, 3.8) is 0 Å². The summed E-state index contributed by atoms with van der Waals surface area (Å²) in [6.45, 7) is 7.56. The van der Waals surface area contributed by atoms with E-state index in [9.17, 15) is 0 Å². The summed E-state index contributed by atoms with van der Waals surface area (Å²) in [5, 5.41) is 4.14. The van der Waals surface area contributed by atoms with E-state index in [-0.39, 0.29) is 0 Å². The molecule has 5 heteroatoms. The third-order valence-electron chi connectivity index (χ3n) is 3.42. The molecule has 106 valence electrons. The van der Waals surface area contributed by atoms with Crippen molar-refractivity contribution in [3.8, 4) is 0 Å². The van der Waals surface area contributed by atoms with Gasteiger partial charge in [-0.1, -0.05) is 25.4 Å². The molecule has 2 heterocycles. The molecular formula is C14H23ClN4. The van der Waals surface area contributed by atoms with E-state index in [1.54, 1.807) is 12.4 Å². The van der Waals surface area contributed by atoms with Crippen LogP contribution in [0.4, 0.5) is 5.95 Å². The van der Waals surface area contributed by atoms with Crippen LogP contribution in [0.2, 0.25) is 5.02 Å². The van der Waals surface area contributed by atoms with Gasteiger partial charge >= 0.3 is 0 Å². The van der Waals surface area contributed by atoms with Gasteiger partial charge in [-0.25, -0.2) is 9.97 Å². The highest BCUT2D eigenvalue weighted by atomic mass is 35.5. The van der Waals surface area contributed by atoms with E-state index in [2.05, 4.69) is 34.0 Å².